The number of hydrogen-bond donors (Lipinski definition) is 1. The summed E-state index contributed by atoms with van der Waals surface area (Å²) in [6, 6.07) is 8.32. The molecule has 0 radical (unpaired) electrons. The number of halogens is 2. The van der Waals surface area contributed by atoms with Gasteiger partial charge in [0.05, 0.1) is 43.3 Å². The van der Waals surface area contributed by atoms with Crippen molar-refractivity contribution in [2.45, 2.75) is 52.5 Å². The molecule has 0 saturated carbocycles. The molecule has 2 heterocycles. The van der Waals surface area contributed by atoms with Gasteiger partial charge in [-0.1, -0.05) is 24.3 Å². The van der Waals surface area contributed by atoms with Crippen LogP contribution in [0.25, 0.3) is 10.9 Å². The van der Waals surface area contributed by atoms with Gasteiger partial charge in [0.1, 0.15) is 24.6 Å². The van der Waals surface area contributed by atoms with Gasteiger partial charge >= 0.3 is 13.6 Å². The second-order valence-electron chi connectivity index (χ2n) is 9.86. The largest absolute Gasteiger partial charge is 0.465 e. The summed E-state index contributed by atoms with van der Waals surface area (Å²) in [4.78, 5) is 40.2. The first kappa shape index (κ1) is 31.3. The number of fused-ring (bicyclic) bond motifs is 1. The molecule has 4 rings (SSSR count). The third-order valence-corrected chi connectivity index (χ3v) is 9.20. The topological polar surface area (TPSA) is 116 Å². The summed E-state index contributed by atoms with van der Waals surface area (Å²) in [5.41, 5.74) is 1.23. The maximum Gasteiger partial charge on any atom is 0.361 e. The number of aryl methyl sites for hydroxylation is 1. The Morgan fingerprint density at radius 2 is 1.83 bits per heavy atom. The molecule has 1 fully saturated rings. The number of aromatic nitrogens is 1. The van der Waals surface area contributed by atoms with E-state index in [0.717, 1.165) is 4.90 Å². The summed E-state index contributed by atoms with van der Waals surface area (Å²) >= 11 is 0. The zero-order valence-electron chi connectivity index (χ0n) is 23.9. The molecule has 0 bridgehead atoms. The number of methoxy groups -OCH3 is 1. The van der Waals surface area contributed by atoms with Gasteiger partial charge in [-0.2, -0.15) is 0 Å². The molecule has 226 valence electrons. The highest BCUT2D eigenvalue weighted by Crippen LogP contribution is 2.47. The van der Waals surface area contributed by atoms with Crippen LogP contribution in [0.1, 0.15) is 41.8 Å². The monoisotopic (exact) mass is 605 g/mol. The molecular weight excluding hydrogens is 571 g/mol. The summed E-state index contributed by atoms with van der Waals surface area (Å²) in [5.74, 6) is -2.27. The average molecular weight is 606 g/mol. The molecule has 1 aliphatic rings. The van der Waals surface area contributed by atoms with Crippen LogP contribution in [-0.4, -0.2) is 66.3 Å². The highest BCUT2D eigenvalue weighted by Gasteiger charge is 2.40. The predicted molar refractivity (Wildman–Crippen MR) is 152 cm³/mol. The molecule has 1 aromatic heterocycles. The molecule has 2 aromatic carbocycles. The van der Waals surface area contributed by atoms with Crippen molar-refractivity contribution in [3.8, 4) is 0 Å². The van der Waals surface area contributed by atoms with Gasteiger partial charge in [0.15, 0.2) is 0 Å². The SMILES string of the molecule is CCOP(=O)(OCC)c1ccc2c(C(=O)OC)cn(CC(=O)N3C[C@H](F)C[C@H]3C(=O)NCc3cccc(C)c3F)c2c1. The van der Waals surface area contributed by atoms with Crippen molar-refractivity contribution in [1.29, 1.82) is 0 Å². The quantitative estimate of drug-likeness (QED) is 0.259. The zero-order valence-corrected chi connectivity index (χ0v) is 24.8. The number of rotatable bonds is 11. The number of esters is 1. The van der Waals surface area contributed by atoms with Crippen molar-refractivity contribution in [3.05, 3.63) is 65.1 Å². The van der Waals surface area contributed by atoms with Gasteiger partial charge < -0.3 is 28.6 Å². The molecule has 1 aliphatic heterocycles. The van der Waals surface area contributed by atoms with Crippen LogP contribution in [0.4, 0.5) is 8.78 Å². The number of benzene rings is 2. The molecule has 0 aliphatic carbocycles. The van der Waals surface area contributed by atoms with Gasteiger partial charge in [0, 0.05) is 30.1 Å². The number of hydrogen-bond acceptors (Lipinski definition) is 7. The number of nitrogens with one attached hydrogen (secondary N) is 1. The van der Waals surface area contributed by atoms with Gasteiger partial charge in [0.2, 0.25) is 11.8 Å². The molecule has 0 spiro atoms. The van der Waals surface area contributed by atoms with E-state index in [4.69, 9.17) is 13.8 Å². The number of likely N-dealkylation sites (tertiary alicyclic amines) is 1. The Bertz CT molecular complexity index is 1530. The molecule has 1 N–H and O–H groups in total. The first-order chi connectivity index (χ1) is 20.0. The average Bonchev–Trinajstić information content (AvgIpc) is 3.54. The van der Waals surface area contributed by atoms with E-state index in [0.29, 0.717) is 16.5 Å². The lowest BCUT2D eigenvalue weighted by molar-refractivity contribution is -0.139. The summed E-state index contributed by atoms with van der Waals surface area (Å²) in [7, 11) is -2.47. The number of alkyl halides is 1. The van der Waals surface area contributed by atoms with Crippen LogP contribution in [0.5, 0.6) is 0 Å². The van der Waals surface area contributed by atoms with E-state index in [1.807, 2.05) is 0 Å². The number of nitrogens with zero attached hydrogens (tertiary/aromatic N) is 2. The number of ether oxygens (including phenoxy) is 1. The number of carbonyl (C=O) groups excluding carboxylic acids is 3. The van der Waals surface area contributed by atoms with Crippen LogP contribution in [0.3, 0.4) is 0 Å². The van der Waals surface area contributed by atoms with E-state index in [1.165, 1.54) is 30.0 Å². The Labute approximate surface area is 242 Å². The van der Waals surface area contributed by atoms with Crippen molar-refractivity contribution >= 4 is 41.6 Å². The summed E-state index contributed by atoms with van der Waals surface area (Å²) in [6.45, 7) is 4.45. The van der Waals surface area contributed by atoms with Crippen LogP contribution in [0.2, 0.25) is 0 Å². The Balaban J connectivity index is 1.62. The second-order valence-corrected chi connectivity index (χ2v) is 11.9. The maximum absolute atomic E-state index is 14.5. The van der Waals surface area contributed by atoms with E-state index < -0.39 is 43.4 Å². The van der Waals surface area contributed by atoms with E-state index >= 15 is 0 Å². The maximum atomic E-state index is 14.5. The summed E-state index contributed by atoms with van der Waals surface area (Å²) in [6.07, 6.45) is -0.213. The fourth-order valence-corrected chi connectivity index (χ4v) is 6.66. The van der Waals surface area contributed by atoms with E-state index in [-0.39, 0.29) is 55.7 Å². The Kier molecular flexibility index (Phi) is 9.81. The molecule has 3 aromatic rings. The van der Waals surface area contributed by atoms with Crippen LogP contribution in [-0.2, 0) is 41.0 Å². The second kappa shape index (κ2) is 13.1. The van der Waals surface area contributed by atoms with Gasteiger partial charge in [-0.05, 0) is 38.5 Å². The van der Waals surface area contributed by atoms with Crippen LogP contribution in [0, 0.1) is 12.7 Å². The summed E-state index contributed by atoms with van der Waals surface area (Å²) < 4.78 is 59.6. The highest BCUT2D eigenvalue weighted by molar-refractivity contribution is 7.62. The molecule has 1 saturated heterocycles. The summed E-state index contributed by atoms with van der Waals surface area (Å²) in [5, 5.41) is 3.27. The first-order valence-electron chi connectivity index (χ1n) is 13.6. The van der Waals surface area contributed by atoms with Crippen molar-refractivity contribution in [1.82, 2.24) is 14.8 Å². The van der Waals surface area contributed by atoms with Gasteiger partial charge in [0.25, 0.3) is 0 Å². The molecule has 0 unspecified atom stereocenters. The van der Waals surface area contributed by atoms with Gasteiger partial charge in [-0.3, -0.25) is 14.2 Å². The number of amides is 2. The van der Waals surface area contributed by atoms with Crippen molar-refractivity contribution in [2.75, 3.05) is 26.9 Å². The molecule has 13 heteroatoms. The molecule has 2 atom stereocenters. The lowest BCUT2D eigenvalue weighted by Gasteiger charge is -2.24. The lowest BCUT2D eigenvalue weighted by Crippen LogP contribution is -2.46. The third-order valence-electron chi connectivity index (χ3n) is 7.09. The van der Waals surface area contributed by atoms with Crippen molar-refractivity contribution in [2.24, 2.45) is 0 Å². The minimum Gasteiger partial charge on any atom is -0.465 e. The Morgan fingerprint density at radius 1 is 1.12 bits per heavy atom. The van der Waals surface area contributed by atoms with Gasteiger partial charge in [-0.25, -0.2) is 13.6 Å². The normalized spacial score (nSPS) is 17.0. The fourth-order valence-electron chi connectivity index (χ4n) is 5.07. The fraction of sp³-hybridized carbons (Fsp3) is 0.414. The van der Waals surface area contributed by atoms with Crippen molar-refractivity contribution < 1.29 is 41.5 Å². The Morgan fingerprint density at radius 3 is 2.50 bits per heavy atom. The molecule has 42 heavy (non-hydrogen) atoms. The zero-order chi connectivity index (χ0) is 30.6. The highest BCUT2D eigenvalue weighted by atomic mass is 31.2. The number of carbonyl (C=O) groups is 3. The van der Waals surface area contributed by atoms with Gasteiger partial charge in [-0.15, -0.1) is 0 Å². The minimum atomic E-state index is -3.70. The molecule has 10 nitrogen and oxygen atoms in total. The van der Waals surface area contributed by atoms with Crippen LogP contribution < -0.4 is 10.6 Å². The smallest absolute Gasteiger partial charge is 0.361 e. The molecular formula is C29H34F2N3O7P. The minimum absolute atomic E-state index is 0.116. The molecule has 2 amide bonds. The lowest BCUT2D eigenvalue weighted by atomic mass is 10.1. The van der Waals surface area contributed by atoms with E-state index in [2.05, 4.69) is 5.32 Å². The van der Waals surface area contributed by atoms with Crippen LogP contribution in [0.15, 0.2) is 42.6 Å². The van der Waals surface area contributed by atoms with E-state index in [1.54, 1.807) is 45.0 Å². The first-order valence-corrected chi connectivity index (χ1v) is 15.1. The standard InChI is InChI=1S/C29H34F2N3O7P/c1-5-40-42(38,41-6-2)21-10-11-22-23(29(37)39-4)16-33(24(22)13-21)17-26(35)34-15-20(30)12-25(34)28(36)32-14-19-9-7-8-18(3)27(19)31/h7-11,13,16,20,25H,5-6,12,14-15,17H2,1-4H3,(H,32,36)/t20-,25+/m1/s1. The predicted octanol–water partition coefficient (Wildman–Crippen LogP) is 4.02. The third kappa shape index (κ3) is 6.40. The van der Waals surface area contributed by atoms with Crippen LogP contribution >= 0.6 is 7.60 Å². The van der Waals surface area contributed by atoms with E-state index in [9.17, 15) is 27.7 Å². The van der Waals surface area contributed by atoms with Crippen molar-refractivity contribution in [3.63, 3.8) is 0 Å². The Hall–Kier alpha value is -3.60.